The Hall–Kier alpha value is -4.04. The second-order valence-corrected chi connectivity index (χ2v) is 9.56. The maximum absolute atomic E-state index is 12.6. The monoisotopic (exact) mass is 561 g/mol. The van der Waals surface area contributed by atoms with Gasteiger partial charge in [-0.15, -0.1) is 16.4 Å². The molecule has 1 aliphatic rings. The summed E-state index contributed by atoms with van der Waals surface area (Å²) in [6, 6.07) is 7.12. The summed E-state index contributed by atoms with van der Waals surface area (Å²) in [6.45, 7) is 2.87. The van der Waals surface area contributed by atoms with Crippen LogP contribution in [-0.4, -0.2) is 77.2 Å². The molecule has 0 spiro atoms. The lowest BCUT2D eigenvalue weighted by Crippen LogP contribution is -2.36. The number of methoxy groups -OCH3 is 1. The van der Waals surface area contributed by atoms with Crippen molar-refractivity contribution < 1.29 is 27.8 Å². The minimum atomic E-state index is -4.41. The number of rotatable bonds is 10. The number of aliphatic imine (C=N–C) groups is 2. The van der Waals surface area contributed by atoms with Gasteiger partial charge in [0.15, 0.2) is 5.60 Å². The third-order valence-electron chi connectivity index (χ3n) is 5.99. The van der Waals surface area contributed by atoms with E-state index in [0.29, 0.717) is 34.9 Å². The van der Waals surface area contributed by atoms with Crippen LogP contribution in [0.2, 0.25) is 0 Å². The van der Waals surface area contributed by atoms with E-state index in [1.165, 1.54) is 35.8 Å². The first kappa shape index (κ1) is 28.0. The predicted molar refractivity (Wildman–Crippen MR) is 143 cm³/mol. The van der Waals surface area contributed by atoms with Crippen LogP contribution in [0.3, 0.4) is 0 Å². The van der Waals surface area contributed by atoms with E-state index in [0.717, 1.165) is 10.2 Å². The smallest absolute Gasteiger partial charge is 0.408 e. The predicted octanol–water partition coefficient (Wildman–Crippen LogP) is 3.81. The number of hydrogen-bond donors (Lipinski definition) is 2. The molecule has 0 bridgehead atoms. The van der Waals surface area contributed by atoms with Gasteiger partial charge in [-0.05, 0) is 24.4 Å². The van der Waals surface area contributed by atoms with Crippen molar-refractivity contribution in [3.8, 4) is 16.5 Å². The average Bonchev–Trinajstić information content (AvgIpc) is 3.61. The third-order valence-corrected chi connectivity index (χ3v) is 6.89. The molecule has 0 saturated carbocycles. The Morgan fingerprint density at radius 2 is 2.21 bits per heavy atom. The topological polar surface area (TPSA) is 117 Å². The van der Waals surface area contributed by atoms with Gasteiger partial charge in [0.25, 0.3) is 11.8 Å². The number of likely N-dealkylation sites (tertiary alicyclic amines) is 1. The number of ether oxygens (including phenoxy) is 1. The van der Waals surface area contributed by atoms with Gasteiger partial charge in [-0.3, -0.25) is 19.5 Å². The van der Waals surface area contributed by atoms with Crippen LogP contribution in [0.4, 0.5) is 18.9 Å². The van der Waals surface area contributed by atoms with Crippen molar-refractivity contribution in [3.63, 3.8) is 0 Å². The largest absolute Gasteiger partial charge is 0.478 e. The van der Waals surface area contributed by atoms with E-state index in [2.05, 4.69) is 32.1 Å². The van der Waals surface area contributed by atoms with E-state index in [4.69, 9.17) is 4.74 Å². The fraction of sp³-hybridized carbons (Fsp3) is 0.320. The molecule has 1 amide bonds. The summed E-state index contributed by atoms with van der Waals surface area (Å²) in [6.07, 6.45) is 0.181. The molecule has 1 aliphatic heterocycles. The summed E-state index contributed by atoms with van der Waals surface area (Å²) in [5.41, 5.74) is 1.00. The lowest BCUT2D eigenvalue weighted by Gasteiger charge is -2.21. The van der Waals surface area contributed by atoms with Gasteiger partial charge in [-0.25, -0.2) is 4.98 Å². The molecular weight excluding hydrogens is 535 g/mol. The first-order chi connectivity index (χ1) is 18.5. The number of allylic oxidation sites excluding steroid dienone is 1. The first-order valence-electron chi connectivity index (χ1n) is 11.7. The number of thiazole rings is 1. The lowest BCUT2D eigenvalue weighted by molar-refractivity contribution is -0.143. The minimum Gasteiger partial charge on any atom is -0.478 e. The highest BCUT2D eigenvalue weighted by Gasteiger charge is 2.45. The minimum absolute atomic E-state index is 0.0222. The van der Waals surface area contributed by atoms with E-state index in [1.807, 2.05) is 6.07 Å². The molecule has 2 aromatic heterocycles. The molecule has 14 heteroatoms. The number of carbonyl (C=O) groups is 1. The van der Waals surface area contributed by atoms with Crippen LogP contribution in [0.25, 0.3) is 16.3 Å². The number of halogens is 3. The molecule has 1 saturated heterocycles. The van der Waals surface area contributed by atoms with E-state index in [9.17, 15) is 23.1 Å². The summed E-state index contributed by atoms with van der Waals surface area (Å²) in [4.78, 5) is 26.8. The molecule has 3 aromatic rings. The summed E-state index contributed by atoms with van der Waals surface area (Å²) in [5.74, 6) is -0.308. The SMILES string of the molecule is C=N/C(=C\C=N/CNc1cn(CC(F)(F)F)nc1OC)c1csc(-c2cccc([C@]3(O)CCN(C)C3=O)c2)n1. The number of likely N-dealkylation sites (N-methyl/N-ethyl adjacent to an activating group) is 1. The van der Waals surface area contributed by atoms with Gasteiger partial charge < -0.3 is 20.1 Å². The number of aliphatic hydroxyl groups is 1. The highest BCUT2D eigenvalue weighted by Crippen LogP contribution is 2.35. The molecular formula is C25H26F3N7O3S. The van der Waals surface area contributed by atoms with Crippen molar-refractivity contribution >= 4 is 41.6 Å². The number of amides is 1. The zero-order valence-electron chi connectivity index (χ0n) is 21.1. The van der Waals surface area contributed by atoms with Gasteiger partial charge in [-0.1, -0.05) is 18.2 Å². The number of nitrogens with one attached hydrogen (secondary N) is 1. The van der Waals surface area contributed by atoms with Gasteiger partial charge in [0.1, 0.15) is 29.6 Å². The molecule has 10 nitrogen and oxygen atoms in total. The van der Waals surface area contributed by atoms with E-state index in [1.54, 1.807) is 36.7 Å². The molecule has 4 rings (SSSR count). The zero-order valence-corrected chi connectivity index (χ0v) is 22.0. The molecule has 0 radical (unpaired) electrons. The molecule has 39 heavy (non-hydrogen) atoms. The summed E-state index contributed by atoms with van der Waals surface area (Å²) >= 11 is 1.37. The Kier molecular flexibility index (Phi) is 8.16. The number of nitrogens with zero attached hydrogens (tertiary/aromatic N) is 6. The molecule has 0 aliphatic carbocycles. The number of benzene rings is 1. The van der Waals surface area contributed by atoms with Crippen LogP contribution in [0, 0.1) is 0 Å². The Balaban J connectivity index is 1.43. The fourth-order valence-corrected chi connectivity index (χ4v) is 4.83. The van der Waals surface area contributed by atoms with Crippen LogP contribution >= 0.6 is 11.3 Å². The first-order valence-corrected chi connectivity index (χ1v) is 12.6. The highest BCUT2D eigenvalue weighted by atomic mass is 32.1. The third kappa shape index (κ3) is 6.34. The zero-order chi connectivity index (χ0) is 28.2. The van der Waals surface area contributed by atoms with Crippen LogP contribution in [0.1, 0.15) is 17.7 Å². The van der Waals surface area contributed by atoms with Gasteiger partial charge in [0, 0.05) is 37.2 Å². The second kappa shape index (κ2) is 11.4. The summed E-state index contributed by atoms with van der Waals surface area (Å²) < 4.78 is 43.6. The Labute approximate surface area is 226 Å². The fourth-order valence-electron chi connectivity index (χ4n) is 4.02. The number of alkyl halides is 3. The van der Waals surface area contributed by atoms with Gasteiger partial charge >= 0.3 is 6.18 Å². The van der Waals surface area contributed by atoms with E-state index >= 15 is 0 Å². The average molecular weight is 562 g/mol. The normalized spacial score (nSPS) is 18.3. The molecule has 206 valence electrons. The van der Waals surface area contributed by atoms with Crippen molar-refractivity contribution in [2.24, 2.45) is 9.98 Å². The number of carbonyl (C=O) groups excluding carboxylic acids is 1. The number of aromatic nitrogens is 3. The van der Waals surface area contributed by atoms with Crippen molar-refractivity contribution in [3.05, 3.63) is 53.2 Å². The summed E-state index contributed by atoms with van der Waals surface area (Å²) in [5, 5.41) is 20.1. The maximum Gasteiger partial charge on any atom is 0.408 e. The van der Waals surface area contributed by atoms with E-state index < -0.39 is 18.3 Å². The van der Waals surface area contributed by atoms with E-state index in [-0.39, 0.29) is 24.1 Å². The van der Waals surface area contributed by atoms with Gasteiger partial charge in [-0.2, -0.15) is 13.2 Å². The highest BCUT2D eigenvalue weighted by molar-refractivity contribution is 7.13. The Morgan fingerprint density at radius 3 is 2.87 bits per heavy atom. The van der Waals surface area contributed by atoms with Gasteiger partial charge in [0.05, 0.1) is 19.0 Å². The van der Waals surface area contributed by atoms with Crippen molar-refractivity contribution in [2.75, 3.05) is 32.7 Å². The van der Waals surface area contributed by atoms with Crippen LogP contribution < -0.4 is 10.1 Å². The molecule has 2 N–H and O–H groups in total. The quantitative estimate of drug-likeness (QED) is 0.364. The molecule has 1 atom stereocenters. The van der Waals surface area contributed by atoms with Crippen molar-refractivity contribution in [2.45, 2.75) is 24.7 Å². The lowest BCUT2D eigenvalue weighted by atomic mass is 9.91. The number of anilines is 1. The van der Waals surface area contributed by atoms with Crippen LogP contribution in [-0.2, 0) is 16.9 Å². The Morgan fingerprint density at radius 1 is 1.41 bits per heavy atom. The molecule has 0 unspecified atom stereocenters. The maximum atomic E-state index is 12.6. The van der Waals surface area contributed by atoms with Crippen LogP contribution in [0.15, 0.2) is 51.9 Å². The molecule has 1 fully saturated rings. The van der Waals surface area contributed by atoms with Crippen LogP contribution in [0.5, 0.6) is 5.88 Å². The van der Waals surface area contributed by atoms with Crippen molar-refractivity contribution in [1.29, 1.82) is 0 Å². The molecule has 1 aromatic carbocycles. The molecule has 3 heterocycles. The Bertz CT molecular complexity index is 1420. The van der Waals surface area contributed by atoms with Gasteiger partial charge in [0.2, 0.25) is 0 Å². The second-order valence-electron chi connectivity index (χ2n) is 8.70. The van der Waals surface area contributed by atoms with Crippen molar-refractivity contribution in [1.82, 2.24) is 19.7 Å². The standard InChI is InChI=1S/C25H26F3N7O3S/c1-29-18(7-9-30-15-31-19-12-35(14-25(26,27)28)33-21(19)38-3)20-13-39-22(32-20)16-5-4-6-17(11-16)24(37)8-10-34(2)23(24)36/h4-7,9,11-13,31,37H,1,8,10,14-15H2,2-3H3/b18-7-,30-9-/t24-/m1/s1. The summed E-state index contributed by atoms with van der Waals surface area (Å²) in [7, 11) is 2.97. The number of hydrogen-bond acceptors (Lipinski definition) is 9.